The van der Waals surface area contributed by atoms with Crippen LogP contribution in [-0.4, -0.2) is 33.7 Å². The van der Waals surface area contributed by atoms with Gasteiger partial charge in [0.05, 0.1) is 11.8 Å². The molecule has 0 aliphatic heterocycles. The molecule has 0 fully saturated rings. The van der Waals surface area contributed by atoms with Crippen molar-refractivity contribution >= 4 is 23.2 Å². The first-order chi connectivity index (χ1) is 6.52. The molecule has 2 unspecified atom stereocenters. The lowest BCUT2D eigenvalue weighted by molar-refractivity contribution is -0.532. The SMILES string of the molecule is O=[N+]([O-])C(CCl)CCC(CCl)[N+](=O)[O-]. The second-order valence-electron chi connectivity index (χ2n) is 2.76. The van der Waals surface area contributed by atoms with Gasteiger partial charge in [-0.2, -0.15) is 0 Å². The Bertz CT molecular complexity index is 192. The fourth-order valence-corrected chi connectivity index (χ4v) is 1.40. The number of nitrogens with zero attached hydrogens (tertiary/aromatic N) is 2. The summed E-state index contributed by atoms with van der Waals surface area (Å²) in [5.41, 5.74) is 0. The summed E-state index contributed by atoms with van der Waals surface area (Å²) in [5.74, 6) is -0.278. The molecule has 0 rings (SSSR count). The Morgan fingerprint density at radius 1 is 0.929 bits per heavy atom. The van der Waals surface area contributed by atoms with E-state index in [4.69, 9.17) is 23.2 Å². The van der Waals surface area contributed by atoms with Crippen LogP contribution in [0, 0.1) is 20.2 Å². The lowest BCUT2D eigenvalue weighted by Gasteiger charge is -2.07. The van der Waals surface area contributed by atoms with Gasteiger partial charge in [-0.05, 0) is 0 Å². The van der Waals surface area contributed by atoms with Crippen molar-refractivity contribution in [2.45, 2.75) is 24.9 Å². The molecule has 0 aromatic rings. The summed E-state index contributed by atoms with van der Waals surface area (Å²) in [6.07, 6.45) is 0.156. The van der Waals surface area contributed by atoms with Crippen LogP contribution in [0.15, 0.2) is 0 Å². The van der Waals surface area contributed by atoms with Gasteiger partial charge in [-0.1, -0.05) is 0 Å². The van der Waals surface area contributed by atoms with Crippen molar-refractivity contribution in [2.75, 3.05) is 11.8 Å². The van der Waals surface area contributed by atoms with Gasteiger partial charge >= 0.3 is 0 Å². The Kier molecular flexibility index (Phi) is 6.48. The molecule has 0 spiro atoms. The van der Waals surface area contributed by atoms with Crippen LogP contribution >= 0.6 is 23.2 Å². The van der Waals surface area contributed by atoms with Crippen molar-refractivity contribution in [2.24, 2.45) is 0 Å². The molecular weight excluding hydrogens is 235 g/mol. The molecule has 0 aromatic heterocycles. The predicted octanol–water partition coefficient (Wildman–Crippen LogP) is 1.53. The van der Waals surface area contributed by atoms with Gasteiger partial charge in [-0.3, -0.25) is 20.2 Å². The van der Waals surface area contributed by atoms with Crippen molar-refractivity contribution < 1.29 is 9.85 Å². The highest BCUT2D eigenvalue weighted by Crippen LogP contribution is 2.09. The number of halogens is 2. The molecule has 8 heteroatoms. The Morgan fingerprint density at radius 2 is 1.21 bits per heavy atom. The highest BCUT2D eigenvalue weighted by molar-refractivity contribution is 6.18. The summed E-state index contributed by atoms with van der Waals surface area (Å²) >= 11 is 10.6. The lowest BCUT2D eigenvalue weighted by Crippen LogP contribution is -2.27. The maximum atomic E-state index is 10.3. The minimum atomic E-state index is -0.928. The third-order valence-electron chi connectivity index (χ3n) is 1.79. The topological polar surface area (TPSA) is 86.3 Å². The number of hydrogen-bond donors (Lipinski definition) is 0. The molecule has 2 atom stereocenters. The van der Waals surface area contributed by atoms with Gasteiger partial charge in [0.1, 0.15) is 0 Å². The van der Waals surface area contributed by atoms with E-state index in [2.05, 4.69) is 0 Å². The molecule has 0 aliphatic carbocycles. The maximum Gasteiger partial charge on any atom is 0.226 e. The Morgan fingerprint density at radius 3 is 1.36 bits per heavy atom. The maximum absolute atomic E-state index is 10.3. The first-order valence-electron chi connectivity index (χ1n) is 3.91. The van der Waals surface area contributed by atoms with Crippen LogP contribution in [-0.2, 0) is 0 Å². The minimum Gasteiger partial charge on any atom is -0.264 e. The van der Waals surface area contributed by atoms with E-state index in [0.717, 1.165) is 0 Å². The van der Waals surface area contributed by atoms with Crippen molar-refractivity contribution in [1.29, 1.82) is 0 Å². The Balaban J connectivity index is 4.00. The predicted molar refractivity (Wildman–Crippen MR) is 52.2 cm³/mol. The number of alkyl halides is 2. The molecule has 14 heavy (non-hydrogen) atoms. The minimum absolute atomic E-state index is 0.0782. The Labute approximate surface area is 90.5 Å². The van der Waals surface area contributed by atoms with Crippen LogP contribution in [0.3, 0.4) is 0 Å². The third kappa shape index (κ3) is 4.57. The van der Waals surface area contributed by atoms with E-state index in [9.17, 15) is 20.2 Å². The van der Waals surface area contributed by atoms with Crippen molar-refractivity contribution in [3.8, 4) is 0 Å². The first kappa shape index (κ1) is 13.4. The van der Waals surface area contributed by atoms with Crippen LogP contribution in [0.25, 0.3) is 0 Å². The number of rotatable bonds is 7. The van der Waals surface area contributed by atoms with Gasteiger partial charge in [0, 0.05) is 22.7 Å². The second-order valence-corrected chi connectivity index (χ2v) is 3.38. The van der Waals surface area contributed by atoms with Crippen molar-refractivity contribution in [3.05, 3.63) is 20.2 Å². The molecule has 0 bridgehead atoms. The summed E-state index contributed by atoms with van der Waals surface area (Å²) in [5, 5.41) is 20.6. The largest absolute Gasteiger partial charge is 0.264 e. The van der Waals surface area contributed by atoms with Gasteiger partial charge in [0.15, 0.2) is 0 Å². The van der Waals surface area contributed by atoms with E-state index in [1.165, 1.54) is 0 Å². The van der Waals surface area contributed by atoms with Gasteiger partial charge in [0.2, 0.25) is 12.1 Å². The van der Waals surface area contributed by atoms with Crippen LogP contribution in [0.1, 0.15) is 12.8 Å². The third-order valence-corrected chi connectivity index (χ3v) is 2.50. The zero-order valence-corrected chi connectivity index (χ0v) is 8.78. The molecule has 0 saturated carbocycles. The average Bonchev–Trinajstić information content (AvgIpc) is 2.11. The van der Waals surface area contributed by atoms with E-state index in [-0.39, 0.29) is 24.6 Å². The molecule has 0 aliphatic rings. The fraction of sp³-hybridized carbons (Fsp3) is 1.00. The standard InChI is InChI=1S/C6H10Cl2N2O4/c7-3-5(9(11)12)1-2-6(4-8)10(13)14/h5-6H,1-4H2. The van der Waals surface area contributed by atoms with E-state index in [1.54, 1.807) is 0 Å². The summed E-state index contributed by atoms with van der Waals surface area (Å²) in [6, 6.07) is -1.86. The van der Waals surface area contributed by atoms with Crippen molar-refractivity contribution in [1.82, 2.24) is 0 Å². The highest BCUT2D eigenvalue weighted by atomic mass is 35.5. The molecule has 0 heterocycles. The summed E-state index contributed by atoms with van der Waals surface area (Å²) < 4.78 is 0. The van der Waals surface area contributed by atoms with E-state index < -0.39 is 21.9 Å². The van der Waals surface area contributed by atoms with E-state index in [1.807, 2.05) is 0 Å². The first-order valence-corrected chi connectivity index (χ1v) is 4.98. The summed E-state index contributed by atoms with van der Waals surface area (Å²) in [4.78, 5) is 19.6. The lowest BCUT2D eigenvalue weighted by atomic mass is 10.1. The normalized spacial score (nSPS) is 14.7. The zero-order chi connectivity index (χ0) is 11.1. The molecule has 0 radical (unpaired) electrons. The molecule has 6 nitrogen and oxygen atoms in total. The summed E-state index contributed by atoms with van der Waals surface area (Å²) in [6.45, 7) is 0. The molecule has 0 aromatic carbocycles. The molecular formula is C6H10Cl2N2O4. The van der Waals surface area contributed by atoms with Gasteiger partial charge < -0.3 is 0 Å². The fourth-order valence-electron chi connectivity index (χ4n) is 0.863. The van der Waals surface area contributed by atoms with Crippen LogP contribution in [0.2, 0.25) is 0 Å². The van der Waals surface area contributed by atoms with E-state index >= 15 is 0 Å². The van der Waals surface area contributed by atoms with Crippen LogP contribution in [0.5, 0.6) is 0 Å². The quantitative estimate of drug-likeness (QED) is 0.386. The molecule has 0 amide bonds. The van der Waals surface area contributed by atoms with E-state index in [0.29, 0.717) is 0 Å². The second kappa shape index (κ2) is 6.78. The van der Waals surface area contributed by atoms with Gasteiger partial charge in [-0.25, -0.2) is 0 Å². The molecule has 82 valence electrons. The molecule has 0 N–H and O–H groups in total. The van der Waals surface area contributed by atoms with Crippen molar-refractivity contribution in [3.63, 3.8) is 0 Å². The molecule has 0 saturated heterocycles. The zero-order valence-electron chi connectivity index (χ0n) is 7.27. The number of hydrogen-bond acceptors (Lipinski definition) is 4. The van der Waals surface area contributed by atoms with Gasteiger partial charge in [-0.15, -0.1) is 23.2 Å². The van der Waals surface area contributed by atoms with Gasteiger partial charge in [0.25, 0.3) is 0 Å². The Hall–Kier alpha value is -0.620. The average molecular weight is 245 g/mol. The van der Waals surface area contributed by atoms with Crippen LogP contribution in [0.4, 0.5) is 0 Å². The van der Waals surface area contributed by atoms with Crippen LogP contribution < -0.4 is 0 Å². The monoisotopic (exact) mass is 244 g/mol. The number of nitro groups is 2. The summed E-state index contributed by atoms with van der Waals surface area (Å²) in [7, 11) is 0. The smallest absolute Gasteiger partial charge is 0.226 e. The highest BCUT2D eigenvalue weighted by Gasteiger charge is 2.25.